The Balaban J connectivity index is 2.96. The average molecular weight is 182 g/mol. The Morgan fingerprint density at radius 2 is 2.08 bits per heavy atom. The molecule has 0 aromatic carbocycles. The van der Waals surface area contributed by atoms with Crippen LogP contribution in [-0.4, -0.2) is 14.8 Å². The van der Waals surface area contributed by atoms with Crippen molar-refractivity contribution in [3.8, 4) is 0 Å². The van der Waals surface area contributed by atoms with Crippen LogP contribution in [0.3, 0.4) is 0 Å². The highest BCUT2D eigenvalue weighted by Crippen LogP contribution is 2.13. The molecule has 0 bridgehead atoms. The summed E-state index contributed by atoms with van der Waals surface area (Å²) in [6, 6.07) is 0. The van der Waals surface area contributed by atoms with Gasteiger partial charge in [-0.25, -0.2) is 4.98 Å². The van der Waals surface area contributed by atoms with Crippen molar-refractivity contribution in [3.05, 3.63) is 11.6 Å². The largest absolute Gasteiger partial charge is 0.319 e. The highest BCUT2D eigenvalue weighted by atomic mass is 15.3. The molecule has 13 heavy (non-hydrogen) atoms. The number of hydrogen-bond acceptors (Lipinski definition) is 3. The molecular weight excluding hydrogens is 164 g/mol. The monoisotopic (exact) mass is 182 g/mol. The van der Waals surface area contributed by atoms with Gasteiger partial charge >= 0.3 is 0 Å². The molecule has 2 N–H and O–H groups in total. The first-order valence-electron chi connectivity index (χ1n) is 4.64. The maximum absolute atomic E-state index is 5.94. The van der Waals surface area contributed by atoms with Crippen molar-refractivity contribution in [2.75, 3.05) is 0 Å². The molecule has 4 heteroatoms. The van der Waals surface area contributed by atoms with E-state index >= 15 is 0 Å². The van der Waals surface area contributed by atoms with Gasteiger partial charge in [-0.2, -0.15) is 5.10 Å². The summed E-state index contributed by atoms with van der Waals surface area (Å²) >= 11 is 0. The van der Waals surface area contributed by atoms with Gasteiger partial charge in [-0.1, -0.05) is 6.92 Å². The van der Waals surface area contributed by atoms with Crippen molar-refractivity contribution < 1.29 is 0 Å². The maximum Gasteiger partial charge on any atom is 0.151 e. The van der Waals surface area contributed by atoms with Crippen LogP contribution in [0.2, 0.25) is 0 Å². The Bertz CT molecular complexity index is 282. The van der Waals surface area contributed by atoms with Gasteiger partial charge in [0.2, 0.25) is 0 Å². The Hall–Kier alpha value is -0.900. The molecule has 4 nitrogen and oxygen atoms in total. The van der Waals surface area contributed by atoms with Gasteiger partial charge in [0.15, 0.2) is 5.82 Å². The molecule has 0 saturated heterocycles. The molecule has 0 radical (unpaired) electrons. The molecule has 74 valence electrons. The molecule has 1 rings (SSSR count). The van der Waals surface area contributed by atoms with Gasteiger partial charge in [0.1, 0.15) is 5.82 Å². The van der Waals surface area contributed by atoms with E-state index < -0.39 is 5.54 Å². The molecule has 1 aromatic heterocycles. The van der Waals surface area contributed by atoms with Gasteiger partial charge in [-0.15, -0.1) is 0 Å². The lowest BCUT2D eigenvalue weighted by atomic mass is 10.1. The lowest BCUT2D eigenvalue weighted by molar-refractivity contribution is 0.481. The van der Waals surface area contributed by atoms with Crippen LogP contribution >= 0.6 is 0 Å². The molecule has 0 amide bonds. The summed E-state index contributed by atoms with van der Waals surface area (Å²) < 4.78 is 1.77. The number of nitrogens with two attached hydrogens (primary N) is 1. The summed E-state index contributed by atoms with van der Waals surface area (Å²) in [5.74, 6) is 1.73. The molecule has 0 aliphatic carbocycles. The molecule has 0 saturated carbocycles. The lowest BCUT2D eigenvalue weighted by Crippen LogP contribution is -2.32. The van der Waals surface area contributed by atoms with E-state index in [1.54, 1.807) is 4.68 Å². The molecule has 0 aliphatic heterocycles. The van der Waals surface area contributed by atoms with Crippen LogP contribution < -0.4 is 5.73 Å². The van der Waals surface area contributed by atoms with Crippen LogP contribution in [0.5, 0.6) is 0 Å². The zero-order chi connectivity index (χ0) is 10.1. The zero-order valence-corrected chi connectivity index (χ0v) is 8.83. The quantitative estimate of drug-likeness (QED) is 0.757. The number of hydrogen-bond donors (Lipinski definition) is 1. The van der Waals surface area contributed by atoms with Crippen LogP contribution in [0.25, 0.3) is 0 Å². The summed E-state index contributed by atoms with van der Waals surface area (Å²) in [7, 11) is 1.89. The van der Waals surface area contributed by atoms with Crippen molar-refractivity contribution in [1.82, 2.24) is 14.8 Å². The first-order chi connectivity index (χ1) is 5.95. The molecule has 0 unspecified atom stereocenters. The van der Waals surface area contributed by atoms with E-state index in [9.17, 15) is 0 Å². The number of nitrogens with zero attached hydrogens (tertiary/aromatic N) is 3. The minimum Gasteiger partial charge on any atom is -0.319 e. The summed E-state index contributed by atoms with van der Waals surface area (Å²) in [6.07, 6.45) is 1.98. The number of aromatic nitrogens is 3. The molecule has 0 fully saturated rings. The van der Waals surface area contributed by atoms with Crippen molar-refractivity contribution >= 4 is 0 Å². The summed E-state index contributed by atoms with van der Waals surface area (Å²) in [4.78, 5) is 4.40. The van der Waals surface area contributed by atoms with Gasteiger partial charge in [-0.3, -0.25) is 4.68 Å². The highest BCUT2D eigenvalue weighted by Gasteiger charge is 2.21. The number of aryl methyl sites for hydroxylation is 2. The third-order valence-electron chi connectivity index (χ3n) is 1.86. The summed E-state index contributed by atoms with van der Waals surface area (Å²) in [6.45, 7) is 5.99. The smallest absolute Gasteiger partial charge is 0.151 e. The van der Waals surface area contributed by atoms with Crippen molar-refractivity contribution in [2.24, 2.45) is 12.8 Å². The van der Waals surface area contributed by atoms with Crippen LogP contribution in [-0.2, 0) is 19.0 Å². The van der Waals surface area contributed by atoms with Crippen LogP contribution in [0, 0.1) is 0 Å². The fourth-order valence-electron chi connectivity index (χ4n) is 1.33. The van der Waals surface area contributed by atoms with E-state index in [1.807, 2.05) is 20.9 Å². The predicted octanol–water partition coefficient (Wildman–Crippen LogP) is 0.961. The van der Waals surface area contributed by atoms with Crippen molar-refractivity contribution in [2.45, 2.75) is 39.2 Å². The third-order valence-corrected chi connectivity index (χ3v) is 1.86. The Labute approximate surface area is 79.2 Å². The molecule has 1 heterocycles. The molecule has 0 aliphatic rings. The van der Waals surface area contributed by atoms with Gasteiger partial charge in [0.25, 0.3) is 0 Å². The van der Waals surface area contributed by atoms with Crippen LogP contribution in [0.4, 0.5) is 0 Å². The second kappa shape index (κ2) is 3.46. The normalized spacial score (nSPS) is 12.1. The standard InChI is InChI=1S/C9H18N4/c1-5-6-7-11-8(9(2,3)10)13(4)12-7/h5-6,10H2,1-4H3. The number of rotatable bonds is 3. The molecule has 1 aromatic rings. The SMILES string of the molecule is CCCc1nc(C(C)(C)N)n(C)n1. The first-order valence-corrected chi connectivity index (χ1v) is 4.64. The second-order valence-electron chi connectivity index (χ2n) is 3.95. The minimum absolute atomic E-state index is 0.409. The fourth-order valence-corrected chi connectivity index (χ4v) is 1.33. The highest BCUT2D eigenvalue weighted by molar-refractivity contribution is 5.03. The average Bonchev–Trinajstić information content (AvgIpc) is 2.30. The van der Waals surface area contributed by atoms with E-state index in [2.05, 4.69) is 17.0 Å². The van der Waals surface area contributed by atoms with Crippen molar-refractivity contribution in [3.63, 3.8) is 0 Å². The molecular formula is C9H18N4. The van der Waals surface area contributed by atoms with Crippen LogP contribution in [0.15, 0.2) is 0 Å². The minimum atomic E-state index is -0.409. The van der Waals surface area contributed by atoms with Crippen LogP contribution in [0.1, 0.15) is 38.8 Å². The van der Waals surface area contributed by atoms with Crippen molar-refractivity contribution in [1.29, 1.82) is 0 Å². The van der Waals surface area contributed by atoms with Gasteiger partial charge in [0, 0.05) is 13.5 Å². The zero-order valence-electron chi connectivity index (χ0n) is 8.83. The van der Waals surface area contributed by atoms with E-state index in [0.29, 0.717) is 0 Å². The predicted molar refractivity (Wildman–Crippen MR) is 52.2 cm³/mol. The summed E-state index contributed by atoms with van der Waals surface area (Å²) in [5, 5.41) is 4.29. The molecule has 0 spiro atoms. The van der Waals surface area contributed by atoms with Gasteiger partial charge in [0.05, 0.1) is 5.54 Å². The maximum atomic E-state index is 5.94. The fraction of sp³-hybridized carbons (Fsp3) is 0.778. The van der Waals surface area contributed by atoms with E-state index in [1.165, 1.54) is 0 Å². The third kappa shape index (κ3) is 2.28. The summed E-state index contributed by atoms with van der Waals surface area (Å²) in [5.41, 5.74) is 5.53. The second-order valence-corrected chi connectivity index (χ2v) is 3.95. The Morgan fingerprint density at radius 1 is 1.46 bits per heavy atom. The van der Waals surface area contributed by atoms with E-state index in [-0.39, 0.29) is 0 Å². The lowest BCUT2D eigenvalue weighted by Gasteiger charge is -2.16. The van der Waals surface area contributed by atoms with Gasteiger partial charge in [-0.05, 0) is 20.3 Å². The molecule has 0 atom stereocenters. The Morgan fingerprint density at radius 3 is 2.46 bits per heavy atom. The van der Waals surface area contributed by atoms with E-state index in [0.717, 1.165) is 24.5 Å². The van der Waals surface area contributed by atoms with E-state index in [4.69, 9.17) is 5.73 Å². The Kier molecular flexibility index (Phi) is 2.71. The van der Waals surface area contributed by atoms with Gasteiger partial charge < -0.3 is 5.73 Å². The first kappa shape index (κ1) is 10.2. The topological polar surface area (TPSA) is 56.7 Å².